The first-order valence-corrected chi connectivity index (χ1v) is 6.66. The number of hydrogen-bond donors (Lipinski definition) is 1. The Kier molecular flexibility index (Phi) is 3.66. The minimum atomic E-state index is -0.00332. The van der Waals surface area contributed by atoms with Gasteiger partial charge in [-0.3, -0.25) is 0 Å². The van der Waals surface area contributed by atoms with E-state index in [0.717, 1.165) is 22.6 Å². The smallest absolute Gasteiger partial charge is 0.224 e. The number of aromatic nitrogens is 2. The van der Waals surface area contributed by atoms with E-state index in [4.69, 9.17) is 10.5 Å². The average Bonchev–Trinajstić information content (AvgIpc) is 2.25. The Morgan fingerprint density at radius 3 is 2.35 bits per heavy atom. The van der Waals surface area contributed by atoms with Crippen molar-refractivity contribution < 1.29 is 4.74 Å². The maximum Gasteiger partial charge on any atom is 0.224 e. The van der Waals surface area contributed by atoms with E-state index >= 15 is 0 Å². The first kappa shape index (κ1) is 14.3. The second-order valence-electron chi connectivity index (χ2n) is 6.06. The molecule has 2 N–H and O–H groups in total. The average molecular weight is 271 g/mol. The maximum absolute atomic E-state index is 5.95. The van der Waals surface area contributed by atoms with Crippen LogP contribution < -0.4 is 10.5 Å². The number of rotatable bonds is 2. The van der Waals surface area contributed by atoms with Crippen molar-refractivity contribution in [1.29, 1.82) is 0 Å². The normalized spacial score (nSPS) is 11.4. The lowest BCUT2D eigenvalue weighted by Crippen LogP contribution is -2.13. The molecule has 4 nitrogen and oxygen atoms in total. The molecular formula is C16H21N3O. The summed E-state index contributed by atoms with van der Waals surface area (Å²) in [6.45, 7) is 10.4. The molecule has 0 fully saturated rings. The molecule has 1 aromatic carbocycles. The van der Waals surface area contributed by atoms with Crippen LogP contribution in [0.1, 0.15) is 37.6 Å². The maximum atomic E-state index is 5.95. The van der Waals surface area contributed by atoms with Crippen molar-refractivity contribution in [2.24, 2.45) is 0 Å². The van der Waals surface area contributed by atoms with Crippen molar-refractivity contribution in [3.63, 3.8) is 0 Å². The van der Waals surface area contributed by atoms with E-state index in [0.29, 0.717) is 5.88 Å². The van der Waals surface area contributed by atoms with Gasteiger partial charge in [-0.1, -0.05) is 32.9 Å². The summed E-state index contributed by atoms with van der Waals surface area (Å²) in [7, 11) is 0. The predicted molar refractivity (Wildman–Crippen MR) is 81.1 cm³/mol. The molecule has 0 unspecified atom stereocenters. The molecule has 2 aromatic rings. The number of nitrogens with two attached hydrogens (primary N) is 1. The van der Waals surface area contributed by atoms with Crippen molar-refractivity contribution in [3.8, 4) is 11.6 Å². The van der Waals surface area contributed by atoms with Crippen molar-refractivity contribution >= 4 is 5.95 Å². The standard InChI is InChI=1S/C16H21N3O/c1-10-6-7-12(16(3,4)5)13(8-10)20-14-9-11(2)18-15(17)19-14/h6-9H,1-5H3,(H2,17,18,19). The van der Waals surface area contributed by atoms with Crippen molar-refractivity contribution in [2.75, 3.05) is 5.73 Å². The van der Waals surface area contributed by atoms with E-state index in [-0.39, 0.29) is 11.4 Å². The molecule has 1 heterocycles. The number of benzene rings is 1. The molecule has 0 radical (unpaired) electrons. The first-order valence-electron chi connectivity index (χ1n) is 6.66. The van der Waals surface area contributed by atoms with Crippen LogP contribution in [0.15, 0.2) is 24.3 Å². The summed E-state index contributed by atoms with van der Waals surface area (Å²) in [5.41, 5.74) is 8.73. The Morgan fingerprint density at radius 2 is 1.75 bits per heavy atom. The van der Waals surface area contributed by atoms with Crippen LogP contribution in [0.3, 0.4) is 0 Å². The molecule has 0 saturated heterocycles. The van der Waals surface area contributed by atoms with Crippen molar-refractivity contribution in [3.05, 3.63) is 41.1 Å². The quantitative estimate of drug-likeness (QED) is 0.903. The Hall–Kier alpha value is -2.10. The molecule has 4 heteroatoms. The molecular weight excluding hydrogens is 250 g/mol. The van der Waals surface area contributed by atoms with E-state index in [9.17, 15) is 0 Å². The van der Waals surface area contributed by atoms with Gasteiger partial charge in [0, 0.05) is 17.3 Å². The van der Waals surface area contributed by atoms with Crippen molar-refractivity contribution in [2.45, 2.75) is 40.0 Å². The van der Waals surface area contributed by atoms with Gasteiger partial charge in [0.15, 0.2) is 0 Å². The summed E-state index contributed by atoms with van der Waals surface area (Å²) in [5, 5.41) is 0. The second kappa shape index (κ2) is 5.12. The van der Waals surface area contributed by atoms with Gasteiger partial charge in [-0.2, -0.15) is 4.98 Å². The molecule has 0 atom stereocenters. The van der Waals surface area contributed by atoms with Gasteiger partial charge in [-0.15, -0.1) is 0 Å². The van der Waals surface area contributed by atoms with Crippen LogP contribution in [-0.4, -0.2) is 9.97 Å². The summed E-state index contributed by atoms with van der Waals surface area (Å²) >= 11 is 0. The van der Waals surface area contributed by atoms with Crippen LogP contribution in [0.4, 0.5) is 5.95 Å². The number of anilines is 1. The molecule has 0 amide bonds. The van der Waals surface area contributed by atoms with Gasteiger partial charge < -0.3 is 10.5 Å². The molecule has 2 rings (SSSR count). The fraction of sp³-hybridized carbons (Fsp3) is 0.375. The topological polar surface area (TPSA) is 61.0 Å². The van der Waals surface area contributed by atoms with Crippen LogP contribution in [0.2, 0.25) is 0 Å². The molecule has 0 aliphatic carbocycles. The molecule has 1 aromatic heterocycles. The summed E-state index contributed by atoms with van der Waals surface area (Å²) in [5.74, 6) is 1.52. The largest absolute Gasteiger partial charge is 0.439 e. The lowest BCUT2D eigenvalue weighted by atomic mass is 9.86. The third kappa shape index (κ3) is 3.26. The van der Waals surface area contributed by atoms with Gasteiger partial charge >= 0.3 is 0 Å². The summed E-state index contributed by atoms with van der Waals surface area (Å²) in [4.78, 5) is 8.18. The number of nitrogen functional groups attached to an aromatic ring is 1. The Balaban J connectivity index is 2.44. The number of aryl methyl sites for hydroxylation is 2. The highest BCUT2D eigenvalue weighted by molar-refractivity contribution is 5.43. The fourth-order valence-electron chi connectivity index (χ4n) is 2.06. The highest BCUT2D eigenvalue weighted by atomic mass is 16.5. The molecule has 106 valence electrons. The Bertz CT molecular complexity index is 610. The van der Waals surface area contributed by atoms with Gasteiger partial charge in [0.1, 0.15) is 5.75 Å². The van der Waals surface area contributed by atoms with Gasteiger partial charge in [-0.05, 0) is 30.9 Å². The van der Waals surface area contributed by atoms with Crippen LogP contribution in [-0.2, 0) is 5.41 Å². The monoisotopic (exact) mass is 271 g/mol. The van der Waals surface area contributed by atoms with Gasteiger partial charge in [0.05, 0.1) is 0 Å². The SMILES string of the molecule is Cc1ccc(C(C)(C)C)c(Oc2cc(C)nc(N)n2)c1. The lowest BCUT2D eigenvalue weighted by Gasteiger charge is -2.22. The number of ether oxygens (including phenoxy) is 1. The molecule has 0 aliphatic heterocycles. The van der Waals surface area contributed by atoms with Gasteiger partial charge in [0.25, 0.3) is 0 Å². The molecule has 0 saturated carbocycles. The second-order valence-corrected chi connectivity index (χ2v) is 6.06. The highest BCUT2D eigenvalue weighted by Gasteiger charge is 2.19. The minimum Gasteiger partial charge on any atom is -0.439 e. The Morgan fingerprint density at radius 1 is 1.05 bits per heavy atom. The summed E-state index contributed by atoms with van der Waals surface area (Å²) < 4.78 is 5.95. The molecule has 0 aliphatic rings. The first-order chi connectivity index (χ1) is 9.25. The van der Waals surface area contributed by atoms with Crippen LogP contribution in [0.5, 0.6) is 11.6 Å². The minimum absolute atomic E-state index is 0.00332. The van der Waals surface area contributed by atoms with Gasteiger partial charge in [0.2, 0.25) is 11.8 Å². The van der Waals surface area contributed by atoms with E-state index in [2.05, 4.69) is 42.9 Å². The zero-order valence-electron chi connectivity index (χ0n) is 12.7. The third-order valence-electron chi connectivity index (χ3n) is 3.01. The number of nitrogens with zero attached hydrogens (tertiary/aromatic N) is 2. The van der Waals surface area contributed by atoms with E-state index in [1.807, 2.05) is 19.9 Å². The van der Waals surface area contributed by atoms with Crippen molar-refractivity contribution in [1.82, 2.24) is 9.97 Å². The zero-order chi connectivity index (χ0) is 14.9. The number of hydrogen-bond acceptors (Lipinski definition) is 4. The van der Waals surface area contributed by atoms with Crippen LogP contribution in [0, 0.1) is 13.8 Å². The third-order valence-corrected chi connectivity index (χ3v) is 3.01. The molecule has 20 heavy (non-hydrogen) atoms. The van der Waals surface area contributed by atoms with Gasteiger partial charge in [-0.25, -0.2) is 4.98 Å². The van der Waals surface area contributed by atoms with E-state index in [1.54, 1.807) is 6.07 Å². The fourth-order valence-corrected chi connectivity index (χ4v) is 2.06. The van der Waals surface area contributed by atoms with E-state index < -0.39 is 0 Å². The Labute approximate surface area is 120 Å². The lowest BCUT2D eigenvalue weighted by molar-refractivity contribution is 0.439. The van der Waals surface area contributed by atoms with E-state index in [1.165, 1.54) is 0 Å². The predicted octanol–water partition coefficient (Wildman–Crippen LogP) is 3.77. The zero-order valence-corrected chi connectivity index (χ0v) is 12.7. The summed E-state index contributed by atoms with van der Waals surface area (Å²) in [6.07, 6.45) is 0. The van der Waals surface area contributed by atoms with Crippen LogP contribution >= 0.6 is 0 Å². The highest BCUT2D eigenvalue weighted by Crippen LogP contribution is 2.34. The van der Waals surface area contributed by atoms with Crippen LogP contribution in [0.25, 0.3) is 0 Å². The summed E-state index contributed by atoms with van der Waals surface area (Å²) in [6, 6.07) is 7.99. The molecule has 0 spiro atoms. The molecule has 0 bridgehead atoms.